The molecule has 126 valence electrons. The third kappa shape index (κ3) is 4.32. The summed E-state index contributed by atoms with van der Waals surface area (Å²) in [6.07, 6.45) is 3.66. The SMILES string of the molecule is Cc1ccnc(N2CCC[C@@H](C(=O)NCc3cccc(Br)c3)C2)n1. The van der Waals surface area contributed by atoms with Gasteiger partial charge in [-0.25, -0.2) is 9.97 Å². The fourth-order valence-corrected chi connectivity index (χ4v) is 3.39. The van der Waals surface area contributed by atoms with E-state index in [9.17, 15) is 4.79 Å². The number of amides is 1. The second-order valence-electron chi connectivity index (χ2n) is 6.13. The van der Waals surface area contributed by atoms with Crippen LogP contribution in [-0.4, -0.2) is 29.0 Å². The van der Waals surface area contributed by atoms with E-state index in [4.69, 9.17) is 0 Å². The van der Waals surface area contributed by atoms with Crippen LogP contribution in [0.4, 0.5) is 5.95 Å². The molecular formula is C18H21BrN4O. The molecule has 1 aromatic carbocycles. The Bertz CT molecular complexity index is 722. The van der Waals surface area contributed by atoms with E-state index in [1.807, 2.05) is 37.3 Å². The van der Waals surface area contributed by atoms with Gasteiger partial charge >= 0.3 is 0 Å². The molecule has 1 fully saturated rings. The minimum atomic E-state index is -0.0185. The van der Waals surface area contributed by atoms with Gasteiger partial charge in [-0.3, -0.25) is 4.79 Å². The minimum absolute atomic E-state index is 0.0185. The van der Waals surface area contributed by atoms with Crippen LogP contribution in [0.3, 0.4) is 0 Å². The molecule has 2 heterocycles. The van der Waals surface area contributed by atoms with Crippen molar-refractivity contribution in [1.29, 1.82) is 0 Å². The normalized spacial score (nSPS) is 17.6. The number of nitrogens with zero attached hydrogens (tertiary/aromatic N) is 3. The zero-order chi connectivity index (χ0) is 16.9. The summed E-state index contributed by atoms with van der Waals surface area (Å²) in [5.74, 6) is 0.807. The number of carbonyl (C=O) groups is 1. The predicted molar refractivity (Wildman–Crippen MR) is 97.7 cm³/mol. The van der Waals surface area contributed by atoms with Crippen molar-refractivity contribution in [3.8, 4) is 0 Å². The van der Waals surface area contributed by atoms with E-state index in [1.165, 1.54) is 0 Å². The molecule has 0 aliphatic carbocycles. The van der Waals surface area contributed by atoms with Crippen LogP contribution in [-0.2, 0) is 11.3 Å². The van der Waals surface area contributed by atoms with Crippen molar-refractivity contribution in [2.24, 2.45) is 5.92 Å². The summed E-state index contributed by atoms with van der Waals surface area (Å²) in [6, 6.07) is 9.87. The van der Waals surface area contributed by atoms with Gasteiger partial charge in [-0.15, -0.1) is 0 Å². The molecule has 1 N–H and O–H groups in total. The van der Waals surface area contributed by atoms with E-state index in [1.54, 1.807) is 6.20 Å². The molecule has 24 heavy (non-hydrogen) atoms. The molecule has 6 heteroatoms. The molecule has 0 saturated carbocycles. The highest BCUT2D eigenvalue weighted by Gasteiger charge is 2.26. The minimum Gasteiger partial charge on any atom is -0.352 e. The first kappa shape index (κ1) is 16.9. The van der Waals surface area contributed by atoms with Crippen LogP contribution in [0.15, 0.2) is 41.0 Å². The topological polar surface area (TPSA) is 58.1 Å². The summed E-state index contributed by atoms with van der Waals surface area (Å²) in [7, 11) is 0. The van der Waals surface area contributed by atoms with Crippen LogP contribution in [0, 0.1) is 12.8 Å². The van der Waals surface area contributed by atoms with Gasteiger partial charge < -0.3 is 10.2 Å². The smallest absolute Gasteiger partial charge is 0.225 e. The Morgan fingerprint density at radius 1 is 1.42 bits per heavy atom. The van der Waals surface area contributed by atoms with E-state index in [-0.39, 0.29) is 11.8 Å². The first-order valence-corrected chi connectivity index (χ1v) is 8.98. The summed E-state index contributed by atoms with van der Waals surface area (Å²) in [6.45, 7) is 4.08. The van der Waals surface area contributed by atoms with Crippen molar-refractivity contribution in [2.75, 3.05) is 18.0 Å². The molecule has 5 nitrogen and oxygen atoms in total. The highest BCUT2D eigenvalue weighted by molar-refractivity contribution is 9.10. The average Bonchev–Trinajstić information content (AvgIpc) is 2.60. The number of hydrogen-bond acceptors (Lipinski definition) is 4. The van der Waals surface area contributed by atoms with Crippen molar-refractivity contribution < 1.29 is 4.79 Å². The van der Waals surface area contributed by atoms with Crippen LogP contribution < -0.4 is 10.2 Å². The number of aromatic nitrogens is 2. The lowest BCUT2D eigenvalue weighted by molar-refractivity contribution is -0.125. The van der Waals surface area contributed by atoms with Gasteiger partial charge in [-0.05, 0) is 43.5 Å². The molecule has 1 amide bonds. The van der Waals surface area contributed by atoms with E-state index in [0.29, 0.717) is 13.1 Å². The third-order valence-corrected chi connectivity index (χ3v) is 4.71. The summed E-state index contributed by atoms with van der Waals surface area (Å²) < 4.78 is 1.02. The van der Waals surface area contributed by atoms with E-state index in [2.05, 4.69) is 36.1 Å². The highest BCUT2D eigenvalue weighted by atomic mass is 79.9. The molecule has 1 aliphatic rings. The Balaban J connectivity index is 1.59. The maximum absolute atomic E-state index is 12.5. The van der Waals surface area contributed by atoms with Crippen molar-refractivity contribution in [3.63, 3.8) is 0 Å². The lowest BCUT2D eigenvalue weighted by Crippen LogP contribution is -2.43. The number of carbonyl (C=O) groups excluding carboxylic acids is 1. The number of anilines is 1. The van der Waals surface area contributed by atoms with Crippen LogP contribution in [0.2, 0.25) is 0 Å². The van der Waals surface area contributed by atoms with E-state index < -0.39 is 0 Å². The standard InChI is InChI=1S/C18H21BrN4O/c1-13-7-8-20-18(22-13)23-9-3-5-15(12-23)17(24)21-11-14-4-2-6-16(19)10-14/h2,4,6-8,10,15H,3,5,9,11-12H2,1H3,(H,21,24)/t15-/m1/s1. The van der Waals surface area contributed by atoms with Crippen molar-refractivity contribution in [2.45, 2.75) is 26.3 Å². The number of aryl methyl sites for hydroxylation is 1. The largest absolute Gasteiger partial charge is 0.352 e. The first-order chi connectivity index (χ1) is 11.6. The van der Waals surface area contributed by atoms with Crippen molar-refractivity contribution >= 4 is 27.8 Å². The van der Waals surface area contributed by atoms with Gasteiger partial charge in [-0.2, -0.15) is 0 Å². The summed E-state index contributed by atoms with van der Waals surface area (Å²) in [5, 5.41) is 3.05. The maximum Gasteiger partial charge on any atom is 0.225 e. The molecule has 3 rings (SSSR count). The second kappa shape index (κ2) is 7.75. The molecule has 0 radical (unpaired) electrons. The fourth-order valence-electron chi connectivity index (χ4n) is 2.94. The molecule has 2 aromatic rings. The Morgan fingerprint density at radius 2 is 2.29 bits per heavy atom. The molecule has 0 unspecified atom stereocenters. The number of halogens is 1. The van der Waals surface area contributed by atoms with Gasteiger partial charge in [0.25, 0.3) is 0 Å². The molecule has 1 aliphatic heterocycles. The summed E-state index contributed by atoms with van der Waals surface area (Å²) in [4.78, 5) is 23.4. The fraction of sp³-hybridized carbons (Fsp3) is 0.389. The molecule has 1 saturated heterocycles. The van der Waals surface area contributed by atoms with Crippen LogP contribution >= 0.6 is 15.9 Å². The highest BCUT2D eigenvalue weighted by Crippen LogP contribution is 2.21. The van der Waals surface area contributed by atoms with Gasteiger partial charge in [-0.1, -0.05) is 28.1 Å². The molecule has 0 bridgehead atoms. The summed E-state index contributed by atoms with van der Waals surface area (Å²) in [5.41, 5.74) is 2.04. The van der Waals surface area contributed by atoms with Gasteiger partial charge in [0.05, 0.1) is 5.92 Å². The van der Waals surface area contributed by atoms with Crippen molar-refractivity contribution in [1.82, 2.24) is 15.3 Å². The quantitative estimate of drug-likeness (QED) is 0.873. The predicted octanol–water partition coefficient (Wildman–Crippen LogP) is 3.08. The Morgan fingerprint density at radius 3 is 3.08 bits per heavy atom. The number of piperidine rings is 1. The van der Waals surface area contributed by atoms with Gasteiger partial charge in [0.2, 0.25) is 11.9 Å². The van der Waals surface area contributed by atoms with Crippen LogP contribution in [0.25, 0.3) is 0 Å². The Kier molecular flexibility index (Phi) is 5.45. The molecule has 0 spiro atoms. The van der Waals surface area contributed by atoms with E-state index >= 15 is 0 Å². The molecule has 1 atom stereocenters. The average molecular weight is 389 g/mol. The van der Waals surface area contributed by atoms with E-state index in [0.717, 1.165) is 41.1 Å². The third-order valence-electron chi connectivity index (χ3n) is 4.21. The maximum atomic E-state index is 12.5. The molecule has 1 aromatic heterocycles. The number of rotatable bonds is 4. The molecular weight excluding hydrogens is 368 g/mol. The van der Waals surface area contributed by atoms with Crippen LogP contribution in [0.1, 0.15) is 24.1 Å². The number of hydrogen-bond donors (Lipinski definition) is 1. The number of benzene rings is 1. The zero-order valence-electron chi connectivity index (χ0n) is 13.7. The lowest BCUT2D eigenvalue weighted by atomic mass is 9.97. The number of nitrogens with one attached hydrogen (secondary N) is 1. The first-order valence-electron chi connectivity index (χ1n) is 8.18. The van der Waals surface area contributed by atoms with Crippen LogP contribution in [0.5, 0.6) is 0 Å². The zero-order valence-corrected chi connectivity index (χ0v) is 15.3. The Labute approximate surface area is 150 Å². The van der Waals surface area contributed by atoms with Crippen molar-refractivity contribution in [3.05, 3.63) is 52.3 Å². The lowest BCUT2D eigenvalue weighted by Gasteiger charge is -2.32. The van der Waals surface area contributed by atoms with Gasteiger partial charge in [0.15, 0.2) is 0 Å². The second-order valence-corrected chi connectivity index (χ2v) is 7.05. The Hall–Kier alpha value is -1.95. The summed E-state index contributed by atoms with van der Waals surface area (Å²) >= 11 is 3.45. The van der Waals surface area contributed by atoms with Gasteiger partial charge in [0, 0.05) is 36.0 Å². The van der Waals surface area contributed by atoms with Gasteiger partial charge in [0.1, 0.15) is 0 Å². The monoisotopic (exact) mass is 388 g/mol.